The van der Waals surface area contributed by atoms with E-state index in [1.807, 2.05) is 0 Å². The molecule has 1 unspecified atom stereocenters. The van der Waals surface area contributed by atoms with E-state index in [1.54, 1.807) is 0 Å². The highest BCUT2D eigenvalue weighted by Gasteiger charge is 2.35. The standard InChI is InChI=1S/C8H11F3N4OS/c9-8(10,11)6-14-15-7(17-6)13-4-5-3-12-1-2-16-5/h5,12H,1-4H2,(H,13,15). The monoisotopic (exact) mass is 268 g/mol. The fraction of sp³-hybridized carbons (Fsp3) is 0.750. The lowest BCUT2D eigenvalue weighted by molar-refractivity contribution is -0.138. The van der Waals surface area contributed by atoms with E-state index >= 15 is 0 Å². The van der Waals surface area contributed by atoms with Gasteiger partial charge in [0.1, 0.15) is 0 Å². The van der Waals surface area contributed by atoms with E-state index < -0.39 is 11.2 Å². The van der Waals surface area contributed by atoms with E-state index in [9.17, 15) is 13.2 Å². The van der Waals surface area contributed by atoms with Gasteiger partial charge in [-0.2, -0.15) is 13.2 Å². The maximum Gasteiger partial charge on any atom is 0.445 e. The molecule has 0 aromatic carbocycles. The second kappa shape index (κ2) is 5.15. The van der Waals surface area contributed by atoms with Gasteiger partial charge in [-0.15, -0.1) is 10.2 Å². The van der Waals surface area contributed by atoms with Gasteiger partial charge in [0.25, 0.3) is 0 Å². The predicted molar refractivity (Wildman–Crippen MR) is 56.0 cm³/mol. The lowest BCUT2D eigenvalue weighted by atomic mass is 10.3. The van der Waals surface area contributed by atoms with Crippen LogP contribution in [-0.4, -0.2) is 42.5 Å². The van der Waals surface area contributed by atoms with Crippen molar-refractivity contribution in [1.82, 2.24) is 15.5 Å². The number of morpholine rings is 1. The Kier molecular flexibility index (Phi) is 3.79. The highest BCUT2D eigenvalue weighted by molar-refractivity contribution is 7.15. The topological polar surface area (TPSA) is 59.1 Å². The van der Waals surface area contributed by atoms with Crippen LogP contribution in [0.5, 0.6) is 0 Å². The summed E-state index contributed by atoms with van der Waals surface area (Å²) in [6.07, 6.45) is -4.48. The molecule has 0 spiro atoms. The Labute approximate surface area is 99.4 Å². The Bertz CT molecular complexity index is 364. The van der Waals surface area contributed by atoms with Crippen LogP contribution in [-0.2, 0) is 10.9 Å². The summed E-state index contributed by atoms with van der Waals surface area (Å²) in [6, 6.07) is 0. The van der Waals surface area contributed by atoms with Crippen molar-refractivity contribution in [3.05, 3.63) is 5.01 Å². The fourth-order valence-corrected chi connectivity index (χ4v) is 1.98. The first-order valence-corrected chi connectivity index (χ1v) is 5.84. The van der Waals surface area contributed by atoms with Crippen LogP contribution < -0.4 is 10.6 Å². The van der Waals surface area contributed by atoms with Gasteiger partial charge in [0.15, 0.2) is 0 Å². The second-order valence-corrected chi connectivity index (χ2v) is 4.47. The van der Waals surface area contributed by atoms with Gasteiger partial charge in [-0.05, 0) is 0 Å². The van der Waals surface area contributed by atoms with Crippen molar-refractivity contribution in [2.75, 3.05) is 31.6 Å². The molecule has 0 radical (unpaired) electrons. The van der Waals surface area contributed by atoms with E-state index in [4.69, 9.17) is 4.74 Å². The van der Waals surface area contributed by atoms with Gasteiger partial charge in [-0.3, -0.25) is 0 Å². The van der Waals surface area contributed by atoms with E-state index in [-0.39, 0.29) is 11.2 Å². The quantitative estimate of drug-likeness (QED) is 0.855. The summed E-state index contributed by atoms with van der Waals surface area (Å²) >= 11 is 0.494. The molecule has 2 N–H and O–H groups in total. The summed E-state index contributed by atoms with van der Waals surface area (Å²) in [4.78, 5) is 0. The molecule has 1 fully saturated rings. The predicted octanol–water partition coefficient (Wildman–Crippen LogP) is 0.957. The number of anilines is 1. The Morgan fingerprint density at radius 3 is 2.88 bits per heavy atom. The Hall–Kier alpha value is -0.930. The lowest BCUT2D eigenvalue weighted by Crippen LogP contribution is -2.42. The number of aromatic nitrogens is 2. The smallest absolute Gasteiger partial charge is 0.374 e. The van der Waals surface area contributed by atoms with E-state index in [2.05, 4.69) is 20.8 Å². The normalized spacial score (nSPS) is 21.5. The molecule has 1 atom stereocenters. The van der Waals surface area contributed by atoms with Gasteiger partial charge in [0.2, 0.25) is 10.1 Å². The van der Waals surface area contributed by atoms with Crippen LogP contribution in [0, 0.1) is 0 Å². The minimum Gasteiger partial charge on any atom is -0.374 e. The first kappa shape index (κ1) is 12.5. The van der Waals surface area contributed by atoms with Crippen LogP contribution in [0.3, 0.4) is 0 Å². The van der Waals surface area contributed by atoms with E-state index in [0.717, 1.165) is 6.54 Å². The van der Waals surface area contributed by atoms with Crippen LogP contribution >= 0.6 is 11.3 Å². The maximum absolute atomic E-state index is 12.2. The summed E-state index contributed by atoms with van der Waals surface area (Å²) in [6.45, 7) is 2.50. The number of nitrogens with one attached hydrogen (secondary N) is 2. The minimum absolute atomic E-state index is 0.0537. The number of nitrogens with zero attached hydrogens (tertiary/aromatic N) is 2. The zero-order chi connectivity index (χ0) is 12.3. The third kappa shape index (κ3) is 3.51. The van der Waals surface area contributed by atoms with Crippen LogP contribution in [0.15, 0.2) is 0 Å². The molecule has 0 amide bonds. The van der Waals surface area contributed by atoms with E-state index in [0.29, 0.717) is 31.0 Å². The van der Waals surface area contributed by atoms with Crippen molar-refractivity contribution >= 4 is 16.5 Å². The van der Waals surface area contributed by atoms with Crippen molar-refractivity contribution in [3.63, 3.8) is 0 Å². The molecule has 9 heteroatoms. The highest BCUT2D eigenvalue weighted by Crippen LogP contribution is 2.32. The molecule has 0 bridgehead atoms. The van der Waals surface area contributed by atoms with Crippen LogP contribution in [0.4, 0.5) is 18.3 Å². The lowest BCUT2D eigenvalue weighted by Gasteiger charge is -2.23. The van der Waals surface area contributed by atoms with Gasteiger partial charge < -0.3 is 15.4 Å². The average Bonchev–Trinajstić information content (AvgIpc) is 2.76. The number of rotatable bonds is 3. The zero-order valence-corrected chi connectivity index (χ0v) is 9.57. The zero-order valence-electron chi connectivity index (χ0n) is 8.75. The van der Waals surface area contributed by atoms with E-state index in [1.165, 1.54) is 0 Å². The van der Waals surface area contributed by atoms with Crippen LogP contribution in [0.25, 0.3) is 0 Å². The molecule has 1 aliphatic heterocycles. The molecular weight excluding hydrogens is 257 g/mol. The molecular formula is C8H11F3N4OS. The minimum atomic E-state index is -4.43. The van der Waals surface area contributed by atoms with Crippen molar-refractivity contribution in [2.45, 2.75) is 12.3 Å². The molecule has 0 saturated carbocycles. The summed E-state index contributed by atoms with van der Waals surface area (Å²) in [5.74, 6) is 0. The van der Waals surface area contributed by atoms with Gasteiger partial charge in [0, 0.05) is 19.6 Å². The third-order valence-electron chi connectivity index (χ3n) is 2.15. The van der Waals surface area contributed by atoms with Gasteiger partial charge in [0.05, 0.1) is 12.7 Å². The SMILES string of the molecule is FC(F)(F)c1nnc(NCC2CNCCO2)s1. The maximum atomic E-state index is 12.2. The largest absolute Gasteiger partial charge is 0.445 e. The van der Waals surface area contributed by atoms with Crippen LogP contribution in [0.2, 0.25) is 0 Å². The first-order valence-electron chi connectivity index (χ1n) is 5.02. The summed E-state index contributed by atoms with van der Waals surface area (Å²) in [5, 5.41) is 11.6. The molecule has 96 valence electrons. The van der Waals surface area contributed by atoms with Gasteiger partial charge >= 0.3 is 6.18 Å². The average molecular weight is 268 g/mol. The molecule has 2 rings (SSSR count). The van der Waals surface area contributed by atoms with Crippen molar-refractivity contribution in [2.24, 2.45) is 0 Å². The highest BCUT2D eigenvalue weighted by atomic mass is 32.1. The number of hydrogen-bond donors (Lipinski definition) is 2. The second-order valence-electron chi connectivity index (χ2n) is 3.49. The fourth-order valence-electron chi connectivity index (χ4n) is 1.36. The Morgan fingerprint density at radius 1 is 1.47 bits per heavy atom. The molecule has 17 heavy (non-hydrogen) atoms. The Morgan fingerprint density at radius 2 is 2.29 bits per heavy atom. The number of ether oxygens (including phenoxy) is 1. The number of halogens is 3. The summed E-state index contributed by atoms with van der Waals surface area (Å²) in [5.41, 5.74) is 0. The van der Waals surface area contributed by atoms with Gasteiger partial charge in [-0.1, -0.05) is 11.3 Å². The first-order chi connectivity index (χ1) is 8.05. The molecule has 1 aromatic rings. The van der Waals surface area contributed by atoms with Crippen molar-refractivity contribution < 1.29 is 17.9 Å². The molecule has 5 nitrogen and oxygen atoms in total. The number of alkyl halides is 3. The molecule has 1 saturated heterocycles. The molecule has 2 heterocycles. The van der Waals surface area contributed by atoms with Crippen molar-refractivity contribution in [3.8, 4) is 0 Å². The van der Waals surface area contributed by atoms with Gasteiger partial charge in [-0.25, -0.2) is 0 Å². The molecule has 1 aromatic heterocycles. The molecule has 1 aliphatic rings. The summed E-state index contributed by atoms with van der Waals surface area (Å²) in [7, 11) is 0. The van der Waals surface area contributed by atoms with Crippen LogP contribution in [0.1, 0.15) is 5.01 Å². The summed E-state index contributed by atoms with van der Waals surface area (Å²) < 4.78 is 42.1. The molecule has 0 aliphatic carbocycles. The number of hydrogen-bond acceptors (Lipinski definition) is 6. The Balaban J connectivity index is 1.84. The third-order valence-corrected chi connectivity index (χ3v) is 3.08. The van der Waals surface area contributed by atoms with Crippen molar-refractivity contribution in [1.29, 1.82) is 0 Å².